The number of hydrogen-bond donors (Lipinski definition) is 0. The van der Waals surface area contributed by atoms with Crippen LogP contribution in [0.25, 0.3) is 0 Å². The maximum Gasteiger partial charge on any atom is 0.338 e. The first-order chi connectivity index (χ1) is 12.3. The fraction of sp³-hybridized carbons (Fsp3) is 0.278. The van der Waals surface area contributed by atoms with Gasteiger partial charge in [0.15, 0.2) is 0 Å². The third-order valence-electron chi connectivity index (χ3n) is 3.77. The lowest BCUT2D eigenvalue weighted by Crippen LogP contribution is -2.31. The fourth-order valence-electron chi connectivity index (χ4n) is 2.34. The van der Waals surface area contributed by atoms with Gasteiger partial charge in [-0.25, -0.2) is 13.2 Å². The maximum absolute atomic E-state index is 12.7. The highest BCUT2D eigenvalue weighted by Crippen LogP contribution is 2.26. The second-order valence-electron chi connectivity index (χ2n) is 5.44. The molecule has 0 saturated heterocycles. The molecular formula is C18H19Cl2NO4S. The first kappa shape index (κ1) is 20.7. The SMILES string of the molecule is CCN(CC)S(=O)(=O)c1cc(C(=O)OCc2ccc(Cl)cc2)ccc1Cl. The highest BCUT2D eigenvalue weighted by molar-refractivity contribution is 7.89. The third kappa shape index (κ3) is 4.76. The molecule has 0 aliphatic heterocycles. The van der Waals surface area contributed by atoms with Crippen LogP contribution in [0.2, 0.25) is 10.0 Å². The monoisotopic (exact) mass is 415 g/mol. The molecule has 0 aromatic heterocycles. The number of nitrogens with zero attached hydrogens (tertiary/aromatic N) is 1. The van der Waals surface area contributed by atoms with Gasteiger partial charge in [0.1, 0.15) is 11.5 Å². The molecule has 2 aromatic rings. The van der Waals surface area contributed by atoms with Gasteiger partial charge in [-0.15, -0.1) is 0 Å². The van der Waals surface area contributed by atoms with Gasteiger partial charge in [-0.3, -0.25) is 0 Å². The number of rotatable bonds is 7. The number of carbonyl (C=O) groups excluding carboxylic acids is 1. The van der Waals surface area contributed by atoms with Crippen molar-refractivity contribution in [2.24, 2.45) is 0 Å². The van der Waals surface area contributed by atoms with E-state index in [2.05, 4.69) is 0 Å². The van der Waals surface area contributed by atoms with Crippen LogP contribution in [-0.2, 0) is 21.4 Å². The van der Waals surface area contributed by atoms with Crippen LogP contribution in [0.5, 0.6) is 0 Å². The second-order valence-corrected chi connectivity index (χ2v) is 8.19. The van der Waals surface area contributed by atoms with E-state index in [0.717, 1.165) is 5.56 Å². The van der Waals surface area contributed by atoms with E-state index >= 15 is 0 Å². The first-order valence-corrected chi connectivity index (χ1v) is 10.2. The molecule has 0 N–H and O–H groups in total. The first-order valence-electron chi connectivity index (χ1n) is 8.00. The molecule has 0 atom stereocenters. The van der Waals surface area contributed by atoms with Gasteiger partial charge in [-0.1, -0.05) is 49.2 Å². The number of sulfonamides is 1. The van der Waals surface area contributed by atoms with Crippen molar-refractivity contribution in [3.8, 4) is 0 Å². The molecule has 0 radical (unpaired) electrons. The predicted octanol–water partition coefficient (Wildman–Crippen LogP) is 4.38. The average Bonchev–Trinajstić information content (AvgIpc) is 2.62. The third-order valence-corrected chi connectivity index (χ3v) is 6.56. The fourth-order valence-corrected chi connectivity index (χ4v) is 4.43. The zero-order chi connectivity index (χ0) is 19.3. The minimum absolute atomic E-state index is 0.0523. The Hall–Kier alpha value is -1.60. The van der Waals surface area contributed by atoms with E-state index in [0.29, 0.717) is 18.1 Å². The van der Waals surface area contributed by atoms with Crippen molar-refractivity contribution in [2.45, 2.75) is 25.3 Å². The van der Waals surface area contributed by atoms with Crippen molar-refractivity contribution in [1.82, 2.24) is 4.31 Å². The van der Waals surface area contributed by atoms with Crippen LogP contribution >= 0.6 is 23.2 Å². The van der Waals surface area contributed by atoms with Gasteiger partial charge in [0.25, 0.3) is 0 Å². The van der Waals surface area contributed by atoms with E-state index in [4.69, 9.17) is 27.9 Å². The summed E-state index contributed by atoms with van der Waals surface area (Å²) < 4.78 is 31.9. The number of esters is 1. The molecule has 8 heteroatoms. The highest BCUT2D eigenvalue weighted by Gasteiger charge is 2.25. The molecule has 0 heterocycles. The van der Waals surface area contributed by atoms with E-state index in [1.54, 1.807) is 38.1 Å². The Morgan fingerprint density at radius 3 is 2.23 bits per heavy atom. The minimum Gasteiger partial charge on any atom is -0.457 e. The Labute approximate surface area is 163 Å². The summed E-state index contributed by atoms with van der Waals surface area (Å²) in [7, 11) is -3.78. The lowest BCUT2D eigenvalue weighted by atomic mass is 10.2. The molecule has 0 unspecified atom stereocenters. The molecular weight excluding hydrogens is 397 g/mol. The van der Waals surface area contributed by atoms with E-state index in [9.17, 15) is 13.2 Å². The summed E-state index contributed by atoms with van der Waals surface area (Å²) in [5, 5.41) is 0.648. The van der Waals surface area contributed by atoms with Crippen molar-refractivity contribution in [3.63, 3.8) is 0 Å². The highest BCUT2D eigenvalue weighted by atomic mass is 35.5. The summed E-state index contributed by atoms with van der Waals surface area (Å²) in [6.45, 7) is 4.13. The second kappa shape index (κ2) is 8.86. The van der Waals surface area contributed by atoms with Gasteiger partial charge in [-0.05, 0) is 35.9 Å². The number of halogens is 2. The van der Waals surface area contributed by atoms with Crippen LogP contribution in [0.4, 0.5) is 0 Å². The van der Waals surface area contributed by atoms with Gasteiger partial charge >= 0.3 is 5.97 Å². The van der Waals surface area contributed by atoms with Crippen LogP contribution in [0.3, 0.4) is 0 Å². The van der Waals surface area contributed by atoms with Gasteiger partial charge in [0.2, 0.25) is 10.0 Å². The van der Waals surface area contributed by atoms with Crippen LogP contribution in [0, 0.1) is 0 Å². The van der Waals surface area contributed by atoms with Crippen LogP contribution in [0.15, 0.2) is 47.4 Å². The molecule has 0 fully saturated rings. The number of ether oxygens (including phenoxy) is 1. The van der Waals surface area contributed by atoms with Crippen molar-refractivity contribution in [1.29, 1.82) is 0 Å². The number of carbonyl (C=O) groups is 1. The standard InChI is InChI=1S/C18H19Cl2NO4S/c1-3-21(4-2)26(23,24)17-11-14(7-10-16(17)20)18(22)25-12-13-5-8-15(19)9-6-13/h5-11H,3-4,12H2,1-2H3. The Morgan fingerprint density at radius 2 is 1.65 bits per heavy atom. The Kier molecular flexibility index (Phi) is 7.06. The van der Waals surface area contributed by atoms with Crippen molar-refractivity contribution in [2.75, 3.05) is 13.1 Å². The Balaban J connectivity index is 2.22. The van der Waals surface area contributed by atoms with E-state index in [-0.39, 0.29) is 22.1 Å². The quantitative estimate of drug-likeness (QED) is 0.629. The molecule has 0 aliphatic carbocycles. The van der Waals surface area contributed by atoms with Gasteiger partial charge in [0, 0.05) is 18.1 Å². The molecule has 0 saturated carbocycles. The molecule has 0 spiro atoms. The molecule has 5 nitrogen and oxygen atoms in total. The Morgan fingerprint density at radius 1 is 1.04 bits per heavy atom. The summed E-state index contributed by atoms with van der Waals surface area (Å²) in [5.74, 6) is -0.632. The summed E-state index contributed by atoms with van der Waals surface area (Å²) >= 11 is 11.9. The molecule has 0 aliphatic rings. The van der Waals surface area contributed by atoms with Gasteiger partial charge in [-0.2, -0.15) is 4.31 Å². The summed E-state index contributed by atoms with van der Waals surface area (Å²) in [6.07, 6.45) is 0. The lowest BCUT2D eigenvalue weighted by molar-refractivity contribution is 0.0472. The van der Waals surface area contributed by atoms with E-state index in [1.165, 1.54) is 22.5 Å². The van der Waals surface area contributed by atoms with E-state index in [1.807, 2.05) is 0 Å². The topological polar surface area (TPSA) is 63.7 Å². The van der Waals surface area contributed by atoms with Gasteiger partial charge in [0.05, 0.1) is 10.6 Å². The summed E-state index contributed by atoms with van der Waals surface area (Å²) in [5.41, 5.74) is 0.891. The summed E-state index contributed by atoms with van der Waals surface area (Å²) in [6, 6.07) is 11.0. The van der Waals surface area contributed by atoms with Crippen molar-refractivity contribution < 1.29 is 17.9 Å². The zero-order valence-corrected chi connectivity index (χ0v) is 16.7. The van der Waals surface area contributed by atoms with Crippen molar-refractivity contribution >= 4 is 39.2 Å². The Bertz CT molecular complexity index is 879. The molecule has 2 aromatic carbocycles. The molecule has 0 amide bonds. The molecule has 26 heavy (non-hydrogen) atoms. The maximum atomic E-state index is 12.7. The average molecular weight is 416 g/mol. The number of hydrogen-bond acceptors (Lipinski definition) is 4. The smallest absolute Gasteiger partial charge is 0.338 e. The van der Waals surface area contributed by atoms with Crippen LogP contribution < -0.4 is 0 Å². The largest absolute Gasteiger partial charge is 0.457 e. The van der Waals surface area contributed by atoms with Gasteiger partial charge < -0.3 is 4.74 Å². The normalized spacial score (nSPS) is 11.6. The molecule has 2 rings (SSSR count). The zero-order valence-electron chi connectivity index (χ0n) is 14.4. The molecule has 140 valence electrons. The van der Waals surface area contributed by atoms with Crippen LogP contribution in [-0.4, -0.2) is 31.8 Å². The lowest BCUT2D eigenvalue weighted by Gasteiger charge is -2.19. The van der Waals surface area contributed by atoms with E-state index < -0.39 is 16.0 Å². The van der Waals surface area contributed by atoms with Crippen molar-refractivity contribution in [3.05, 3.63) is 63.6 Å². The minimum atomic E-state index is -3.78. The number of benzene rings is 2. The summed E-state index contributed by atoms with van der Waals surface area (Å²) in [4.78, 5) is 12.2. The molecule has 0 bridgehead atoms. The van der Waals surface area contributed by atoms with Crippen LogP contribution in [0.1, 0.15) is 29.8 Å². The predicted molar refractivity (Wildman–Crippen MR) is 102 cm³/mol.